The van der Waals surface area contributed by atoms with Crippen molar-refractivity contribution < 1.29 is 33.8 Å². The molecule has 3 aromatic rings. The number of ether oxygens (including phenoxy) is 2. The number of para-hydroxylation sites is 1. The molecular formula is C31H31N3O7S. The number of esters is 1. The first-order chi connectivity index (χ1) is 20.2. The lowest BCUT2D eigenvalue weighted by Crippen LogP contribution is -2.53. The van der Waals surface area contributed by atoms with Crippen LogP contribution in [-0.4, -0.2) is 59.5 Å². The van der Waals surface area contributed by atoms with Gasteiger partial charge < -0.3 is 30.1 Å². The Labute approximate surface area is 247 Å². The van der Waals surface area contributed by atoms with E-state index in [9.17, 15) is 24.3 Å². The molecule has 0 spiro atoms. The zero-order valence-electron chi connectivity index (χ0n) is 23.2. The summed E-state index contributed by atoms with van der Waals surface area (Å²) < 4.78 is 11.1. The van der Waals surface area contributed by atoms with E-state index in [1.54, 1.807) is 38.1 Å². The van der Waals surface area contributed by atoms with Crippen molar-refractivity contribution in [3.63, 3.8) is 0 Å². The van der Waals surface area contributed by atoms with Gasteiger partial charge in [-0.25, -0.2) is 0 Å². The molecule has 2 aliphatic heterocycles. The quantitative estimate of drug-likeness (QED) is 0.341. The number of hydrogen-bond donors (Lipinski definition) is 3. The van der Waals surface area contributed by atoms with Crippen molar-refractivity contribution >= 4 is 41.1 Å². The van der Waals surface area contributed by atoms with Crippen molar-refractivity contribution in [1.29, 1.82) is 0 Å². The topological polar surface area (TPSA) is 134 Å². The molecule has 10 nitrogen and oxygen atoms in total. The highest BCUT2D eigenvalue weighted by Crippen LogP contribution is 2.34. The van der Waals surface area contributed by atoms with Crippen LogP contribution >= 0.6 is 11.8 Å². The predicted molar refractivity (Wildman–Crippen MR) is 156 cm³/mol. The van der Waals surface area contributed by atoms with E-state index < -0.39 is 42.1 Å². The van der Waals surface area contributed by atoms with Crippen LogP contribution in [0.3, 0.4) is 0 Å². The van der Waals surface area contributed by atoms with E-state index in [1.807, 2.05) is 42.5 Å². The minimum absolute atomic E-state index is 0.0598. The molecule has 1 unspecified atom stereocenters. The average Bonchev–Trinajstić information content (AvgIpc) is 3.27. The number of phenols is 1. The smallest absolute Gasteiger partial charge is 0.310 e. The number of fused-ring (bicyclic) bond motifs is 1. The second-order valence-corrected chi connectivity index (χ2v) is 11.3. The van der Waals surface area contributed by atoms with Crippen LogP contribution in [0.1, 0.15) is 33.5 Å². The normalized spacial score (nSPS) is 20.0. The number of amides is 3. The fraction of sp³-hybridized carbons (Fsp3) is 0.290. The predicted octanol–water partition coefficient (Wildman–Crippen LogP) is 3.22. The minimum atomic E-state index is -0.964. The highest BCUT2D eigenvalue weighted by Gasteiger charge is 2.38. The summed E-state index contributed by atoms with van der Waals surface area (Å²) in [5.74, 6) is -1.53. The summed E-state index contributed by atoms with van der Waals surface area (Å²) in [6.45, 7) is 3.25. The van der Waals surface area contributed by atoms with Gasteiger partial charge in [-0.1, -0.05) is 42.5 Å². The molecule has 1 saturated heterocycles. The lowest BCUT2D eigenvalue weighted by atomic mass is 10.0. The first kappa shape index (κ1) is 29.2. The monoisotopic (exact) mass is 589 g/mol. The first-order valence-electron chi connectivity index (χ1n) is 13.5. The molecule has 3 amide bonds. The molecule has 2 heterocycles. The lowest BCUT2D eigenvalue weighted by Gasteiger charge is -2.26. The number of hydrogen-bond acceptors (Lipinski definition) is 8. The van der Waals surface area contributed by atoms with Crippen LogP contribution in [0.5, 0.6) is 5.75 Å². The van der Waals surface area contributed by atoms with Gasteiger partial charge in [0.1, 0.15) is 24.4 Å². The van der Waals surface area contributed by atoms with E-state index in [0.29, 0.717) is 22.4 Å². The summed E-state index contributed by atoms with van der Waals surface area (Å²) in [5.41, 5.74) is 2.85. The maximum atomic E-state index is 13.8. The Hall–Kier alpha value is -4.35. The molecule has 0 saturated carbocycles. The number of aromatic hydroxyl groups is 1. The molecule has 5 rings (SSSR count). The Morgan fingerprint density at radius 3 is 2.45 bits per heavy atom. The third kappa shape index (κ3) is 6.58. The molecule has 0 aliphatic carbocycles. The third-order valence-corrected chi connectivity index (χ3v) is 8.21. The highest BCUT2D eigenvalue weighted by atomic mass is 32.2. The fourth-order valence-electron chi connectivity index (χ4n) is 4.90. The first-order valence-corrected chi connectivity index (χ1v) is 14.5. The van der Waals surface area contributed by atoms with Crippen LogP contribution in [0.25, 0.3) is 0 Å². The zero-order chi connectivity index (χ0) is 29.8. The molecule has 2 aliphatic rings. The number of carbonyl (C=O) groups is 4. The van der Waals surface area contributed by atoms with Gasteiger partial charge >= 0.3 is 5.97 Å². The second-order valence-electron chi connectivity index (χ2n) is 10.2. The Morgan fingerprint density at radius 1 is 1.02 bits per heavy atom. The summed E-state index contributed by atoms with van der Waals surface area (Å²) in [6.07, 6.45) is -1.02. The highest BCUT2D eigenvalue weighted by molar-refractivity contribution is 7.99. The molecule has 0 radical (unpaired) electrons. The standard InChI is InChI=1S/C31H31N3O7S/c1-18-12-21(13-19(2)28(18)37)29(38)33-23-17-42-25-11-7-6-10-24(25)34(30(23)39)15-26(35)32-22-14-27(36)41-31(22)40-16-20-8-4-3-5-9-20/h3-13,22-23,31,37H,14-17H2,1-2H3,(H,32,35)(H,33,38)/t22-,23-,31?/m0/s1. The summed E-state index contributed by atoms with van der Waals surface area (Å²) in [7, 11) is 0. The Balaban J connectivity index is 1.29. The summed E-state index contributed by atoms with van der Waals surface area (Å²) >= 11 is 1.40. The Kier molecular flexibility index (Phi) is 8.79. The van der Waals surface area contributed by atoms with Crippen LogP contribution in [-0.2, 0) is 30.5 Å². The van der Waals surface area contributed by atoms with Gasteiger partial charge in [0.05, 0.1) is 18.7 Å². The molecule has 11 heteroatoms. The van der Waals surface area contributed by atoms with Gasteiger partial charge in [0, 0.05) is 16.2 Å². The number of anilines is 1. The van der Waals surface area contributed by atoms with Gasteiger partial charge in [-0.3, -0.25) is 19.2 Å². The zero-order valence-corrected chi connectivity index (χ0v) is 24.0. The van der Waals surface area contributed by atoms with E-state index in [2.05, 4.69) is 10.6 Å². The SMILES string of the molecule is Cc1cc(C(=O)N[C@H]2CSc3ccccc3N(CC(=O)N[C@H]3CC(=O)OC3OCc3ccccc3)C2=O)cc(C)c1O. The summed E-state index contributed by atoms with van der Waals surface area (Å²) in [5, 5.41) is 15.7. The van der Waals surface area contributed by atoms with E-state index >= 15 is 0 Å². The van der Waals surface area contributed by atoms with Gasteiger partial charge in [-0.15, -0.1) is 11.8 Å². The van der Waals surface area contributed by atoms with Crippen molar-refractivity contribution in [2.75, 3.05) is 17.2 Å². The average molecular weight is 590 g/mol. The Morgan fingerprint density at radius 2 is 1.71 bits per heavy atom. The second kappa shape index (κ2) is 12.7. The maximum Gasteiger partial charge on any atom is 0.310 e. The number of phenolic OH excluding ortho intramolecular Hbond substituents is 1. The number of benzene rings is 3. The number of cyclic esters (lactones) is 1. The maximum absolute atomic E-state index is 13.8. The van der Waals surface area contributed by atoms with Crippen LogP contribution in [0, 0.1) is 13.8 Å². The van der Waals surface area contributed by atoms with Crippen LogP contribution in [0.2, 0.25) is 0 Å². The molecule has 3 aromatic carbocycles. The molecule has 218 valence electrons. The van der Waals surface area contributed by atoms with Crippen molar-refractivity contribution in [1.82, 2.24) is 10.6 Å². The molecular weight excluding hydrogens is 558 g/mol. The van der Waals surface area contributed by atoms with E-state index in [-0.39, 0.29) is 31.1 Å². The van der Waals surface area contributed by atoms with Crippen molar-refractivity contribution in [2.45, 2.75) is 50.1 Å². The van der Waals surface area contributed by atoms with E-state index in [0.717, 1.165) is 10.5 Å². The number of thioether (sulfide) groups is 1. The number of carbonyl (C=O) groups excluding carboxylic acids is 4. The third-order valence-electron chi connectivity index (χ3n) is 7.05. The van der Waals surface area contributed by atoms with Crippen LogP contribution in [0.15, 0.2) is 71.6 Å². The molecule has 3 N–H and O–H groups in total. The number of nitrogens with one attached hydrogen (secondary N) is 2. The molecule has 42 heavy (non-hydrogen) atoms. The van der Waals surface area contributed by atoms with Crippen molar-refractivity contribution in [3.05, 3.63) is 89.0 Å². The van der Waals surface area contributed by atoms with Gasteiger partial charge in [0.15, 0.2) is 0 Å². The molecule has 0 aromatic heterocycles. The summed E-state index contributed by atoms with van der Waals surface area (Å²) in [6, 6.07) is 18.1. The Bertz CT molecular complexity index is 1490. The van der Waals surface area contributed by atoms with Gasteiger partial charge in [0.25, 0.3) is 11.8 Å². The number of rotatable bonds is 8. The fourth-order valence-corrected chi connectivity index (χ4v) is 5.98. The van der Waals surface area contributed by atoms with Gasteiger partial charge in [-0.2, -0.15) is 0 Å². The summed E-state index contributed by atoms with van der Waals surface area (Å²) in [4.78, 5) is 54.4. The van der Waals surface area contributed by atoms with E-state index in [4.69, 9.17) is 9.47 Å². The lowest BCUT2D eigenvalue weighted by molar-refractivity contribution is -0.168. The minimum Gasteiger partial charge on any atom is -0.507 e. The van der Waals surface area contributed by atoms with Crippen LogP contribution in [0.4, 0.5) is 5.69 Å². The number of aryl methyl sites for hydroxylation is 2. The number of nitrogens with zero attached hydrogens (tertiary/aromatic N) is 1. The van der Waals surface area contributed by atoms with Crippen molar-refractivity contribution in [2.24, 2.45) is 0 Å². The van der Waals surface area contributed by atoms with Gasteiger partial charge in [0.2, 0.25) is 12.2 Å². The van der Waals surface area contributed by atoms with E-state index in [1.165, 1.54) is 16.7 Å². The van der Waals surface area contributed by atoms with Crippen LogP contribution < -0.4 is 15.5 Å². The van der Waals surface area contributed by atoms with Gasteiger partial charge in [-0.05, 0) is 54.8 Å². The molecule has 3 atom stereocenters. The van der Waals surface area contributed by atoms with Crippen molar-refractivity contribution in [3.8, 4) is 5.75 Å². The largest absolute Gasteiger partial charge is 0.507 e. The molecule has 1 fully saturated rings. The molecule has 0 bridgehead atoms.